The molecule has 2 aliphatic rings. The molecular formula is C15H21FN2O2S. The smallest absolute Gasteiger partial charge is 0.243 e. The lowest BCUT2D eigenvalue weighted by Gasteiger charge is -2.35. The summed E-state index contributed by atoms with van der Waals surface area (Å²) in [4.78, 5) is 0.0795. The summed E-state index contributed by atoms with van der Waals surface area (Å²) in [6.07, 6.45) is 3.91. The summed E-state index contributed by atoms with van der Waals surface area (Å²) >= 11 is 0. The maximum atomic E-state index is 13.4. The maximum absolute atomic E-state index is 13.4. The van der Waals surface area contributed by atoms with Crippen LogP contribution in [0.4, 0.5) is 4.39 Å². The number of fused-ring (bicyclic) bond motifs is 2. The number of rotatable bonds is 3. The average molecular weight is 312 g/mol. The van der Waals surface area contributed by atoms with Crippen LogP contribution in [0.2, 0.25) is 0 Å². The minimum absolute atomic E-state index is 0.00332. The average Bonchev–Trinajstić information content (AvgIpc) is 2.79. The molecule has 6 heteroatoms. The monoisotopic (exact) mass is 312 g/mol. The normalized spacial score (nSPS) is 29.0. The number of aryl methyl sites for hydroxylation is 1. The van der Waals surface area contributed by atoms with Crippen molar-refractivity contribution in [2.45, 2.75) is 55.6 Å². The van der Waals surface area contributed by atoms with Crippen molar-refractivity contribution in [3.63, 3.8) is 0 Å². The molecule has 116 valence electrons. The van der Waals surface area contributed by atoms with Gasteiger partial charge >= 0.3 is 0 Å². The van der Waals surface area contributed by atoms with E-state index in [1.165, 1.54) is 16.4 Å². The second kappa shape index (κ2) is 5.34. The zero-order valence-electron chi connectivity index (χ0n) is 12.3. The fourth-order valence-electron chi connectivity index (χ4n) is 3.53. The first-order valence-electron chi connectivity index (χ1n) is 7.38. The van der Waals surface area contributed by atoms with E-state index in [-0.39, 0.29) is 10.9 Å². The predicted octanol–water partition coefficient (Wildman–Crippen LogP) is 2.04. The molecule has 2 fully saturated rings. The number of sulfonamides is 1. The van der Waals surface area contributed by atoms with E-state index >= 15 is 0 Å². The first-order chi connectivity index (χ1) is 9.88. The SMILES string of the molecule is Cc1ccc(F)cc1S(=O)(=O)N(C)C1CC2CCC(C1)N2. The van der Waals surface area contributed by atoms with Crippen molar-refractivity contribution in [2.24, 2.45) is 0 Å². The molecule has 4 nitrogen and oxygen atoms in total. The summed E-state index contributed by atoms with van der Waals surface area (Å²) in [5.41, 5.74) is 0.583. The van der Waals surface area contributed by atoms with Crippen molar-refractivity contribution >= 4 is 10.0 Å². The van der Waals surface area contributed by atoms with Gasteiger partial charge in [0.1, 0.15) is 5.82 Å². The molecule has 0 amide bonds. The molecule has 0 saturated carbocycles. The third kappa shape index (κ3) is 2.72. The number of benzene rings is 1. The van der Waals surface area contributed by atoms with Crippen LogP contribution in [0.5, 0.6) is 0 Å². The Hall–Kier alpha value is -0.980. The molecule has 2 bridgehead atoms. The van der Waals surface area contributed by atoms with Gasteiger partial charge in [-0.1, -0.05) is 6.07 Å². The number of nitrogens with one attached hydrogen (secondary N) is 1. The summed E-state index contributed by atoms with van der Waals surface area (Å²) in [5.74, 6) is -0.516. The van der Waals surface area contributed by atoms with Gasteiger partial charge in [-0.05, 0) is 50.3 Å². The molecule has 1 aromatic carbocycles. The van der Waals surface area contributed by atoms with E-state index in [1.807, 2.05) is 0 Å². The van der Waals surface area contributed by atoms with Crippen molar-refractivity contribution in [3.05, 3.63) is 29.6 Å². The van der Waals surface area contributed by atoms with Gasteiger partial charge in [0, 0.05) is 25.2 Å². The quantitative estimate of drug-likeness (QED) is 0.929. The van der Waals surface area contributed by atoms with Gasteiger partial charge in [-0.2, -0.15) is 4.31 Å². The van der Waals surface area contributed by atoms with Crippen molar-refractivity contribution in [2.75, 3.05) is 7.05 Å². The molecule has 2 aliphatic heterocycles. The third-order valence-electron chi connectivity index (χ3n) is 4.77. The van der Waals surface area contributed by atoms with Crippen LogP contribution in [0.3, 0.4) is 0 Å². The Labute approximate surface area is 125 Å². The summed E-state index contributed by atoms with van der Waals surface area (Å²) < 4.78 is 40.4. The van der Waals surface area contributed by atoms with Gasteiger partial charge in [-0.25, -0.2) is 12.8 Å². The lowest BCUT2D eigenvalue weighted by molar-refractivity contribution is 0.251. The van der Waals surface area contributed by atoms with Gasteiger partial charge in [0.2, 0.25) is 10.0 Å². The zero-order chi connectivity index (χ0) is 15.2. The van der Waals surface area contributed by atoms with E-state index in [0.717, 1.165) is 31.7 Å². The van der Waals surface area contributed by atoms with Gasteiger partial charge in [0.25, 0.3) is 0 Å². The fourth-order valence-corrected chi connectivity index (χ4v) is 5.14. The van der Waals surface area contributed by atoms with Crippen LogP contribution in [-0.2, 0) is 10.0 Å². The first-order valence-corrected chi connectivity index (χ1v) is 8.82. The van der Waals surface area contributed by atoms with Gasteiger partial charge in [0.05, 0.1) is 4.90 Å². The van der Waals surface area contributed by atoms with E-state index in [0.29, 0.717) is 17.6 Å². The summed E-state index contributed by atoms with van der Waals surface area (Å²) in [6.45, 7) is 1.70. The van der Waals surface area contributed by atoms with Gasteiger partial charge < -0.3 is 5.32 Å². The lowest BCUT2D eigenvalue weighted by Crippen LogP contribution is -2.48. The minimum atomic E-state index is -3.65. The van der Waals surface area contributed by atoms with Crippen molar-refractivity contribution in [1.82, 2.24) is 9.62 Å². The van der Waals surface area contributed by atoms with Crippen LogP contribution in [0.25, 0.3) is 0 Å². The zero-order valence-corrected chi connectivity index (χ0v) is 13.2. The second-order valence-corrected chi connectivity index (χ2v) is 8.16. The van der Waals surface area contributed by atoms with Gasteiger partial charge in [-0.3, -0.25) is 0 Å². The Balaban J connectivity index is 1.89. The summed E-state index contributed by atoms with van der Waals surface area (Å²) in [7, 11) is -2.03. The van der Waals surface area contributed by atoms with Gasteiger partial charge in [-0.15, -0.1) is 0 Å². The Morgan fingerprint density at radius 3 is 2.48 bits per heavy atom. The van der Waals surface area contributed by atoms with Crippen LogP contribution in [0, 0.1) is 12.7 Å². The van der Waals surface area contributed by atoms with E-state index < -0.39 is 15.8 Å². The van der Waals surface area contributed by atoms with Crippen molar-refractivity contribution in [1.29, 1.82) is 0 Å². The molecule has 2 unspecified atom stereocenters. The van der Waals surface area contributed by atoms with Crippen LogP contribution < -0.4 is 5.32 Å². The number of halogens is 1. The van der Waals surface area contributed by atoms with E-state index in [1.54, 1.807) is 14.0 Å². The molecule has 0 spiro atoms. The van der Waals surface area contributed by atoms with Crippen molar-refractivity contribution in [3.8, 4) is 0 Å². The molecule has 2 atom stereocenters. The largest absolute Gasteiger partial charge is 0.311 e. The molecular weight excluding hydrogens is 291 g/mol. The standard InChI is InChI=1S/C15H21FN2O2S/c1-10-3-4-11(16)7-15(10)21(19,20)18(2)14-8-12-5-6-13(9-14)17-12/h3-4,7,12-14,17H,5-6,8-9H2,1-2H3. The van der Waals surface area contributed by atoms with E-state index in [2.05, 4.69) is 5.32 Å². The third-order valence-corrected chi connectivity index (χ3v) is 6.82. The highest BCUT2D eigenvalue weighted by Crippen LogP contribution is 2.32. The van der Waals surface area contributed by atoms with E-state index in [9.17, 15) is 12.8 Å². The Kier molecular flexibility index (Phi) is 3.80. The number of hydrogen-bond acceptors (Lipinski definition) is 3. The molecule has 0 aromatic heterocycles. The van der Waals surface area contributed by atoms with E-state index in [4.69, 9.17) is 0 Å². The lowest BCUT2D eigenvalue weighted by atomic mass is 10.0. The highest BCUT2D eigenvalue weighted by atomic mass is 32.2. The summed E-state index contributed by atoms with van der Waals surface area (Å²) in [5, 5.41) is 3.51. The minimum Gasteiger partial charge on any atom is -0.311 e. The number of piperidine rings is 1. The molecule has 2 heterocycles. The Morgan fingerprint density at radius 1 is 1.24 bits per heavy atom. The highest BCUT2D eigenvalue weighted by Gasteiger charge is 2.39. The van der Waals surface area contributed by atoms with Crippen LogP contribution in [0.15, 0.2) is 23.1 Å². The Bertz CT molecular complexity index is 635. The molecule has 0 radical (unpaired) electrons. The topological polar surface area (TPSA) is 49.4 Å². The fraction of sp³-hybridized carbons (Fsp3) is 0.600. The van der Waals surface area contributed by atoms with Gasteiger partial charge in [0.15, 0.2) is 0 Å². The second-order valence-electron chi connectivity index (χ2n) is 6.19. The molecule has 1 N–H and O–H groups in total. The molecule has 2 saturated heterocycles. The molecule has 1 aromatic rings. The first kappa shape index (κ1) is 14.9. The predicted molar refractivity (Wildman–Crippen MR) is 79.1 cm³/mol. The van der Waals surface area contributed by atoms with Crippen LogP contribution in [0.1, 0.15) is 31.2 Å². The van der Waals surface area contributed by atoms with Crippen molar-refractivity contribution < 1.29 is 12.8 Å². The van der Waals surface area contributed by atoms with Crippen LogP contribution >= 0.6 is 0 Å². The maximum Gasteiger partial charge on any atom is 0.243 e. The molecule has 21 heavy (non-hydrogen) atoms. The number of nitrogens with zero attached hydrogens (tertiary/aromatic N) is 1. The van der Waals surface area contributed by atoms with Crippen LogP contribution in [-0.4, -0.2) is 37.9 Å². The summed E-state index contributed by atoms with van der Waals surface area (Å²) in [6, 6.07) is 4.76. The Morgan fingerprint density at radius 2 is 1.86 bits per heavy atom. The number of hydrogen-bond donors (Lipinski definition) is 1. The molecule has 3 rings (SSSR count). The highest BCUT2D eigenvalue weighted by molar-refractivity contribution is 7.89. The molecule has 0 aliphatic carbocycles.